The third-order valence-corrected chi connectivity index (χ3v) is 6.71. The predicted molar refractivity (Wildman–Crippen MR) is 138 cm³/mol. The van der Waals surface area contributed by atoms with Gasteiger partial charge in [0.25, 0.3) is 0 Å². The summed E-state index contributed by atoms with van der Waals surface area (Å²) in [6, 6.07) is 21.6. The van der Waals surface area contributed by atoms with Crippen molar-refractivity contribution in [1.82, 2.24) is 0 Å². The first-order valence-corrected chi connectivity index (χ1v) is 11.9. The van der Waals surface area contributed by atoms with Crippen molar-refractivity contribution in [3.63, 3.8) is 0 Å². The number of Topliss-reactive ketones (excluding diaryl/α,β-unsaturated/α-hetero) is 1. The van der Waals surface area contributed by atoms with Crippen LogP contribution in [0.3, 0.4) is 0 Å². The molecule has 3 aromatic rings. The highest BCUT2D eigenvalue weighted by Crippen LogP contribution is 2.46. The molecule has 6 heteroatoms. The molecule has 180 valence electrons. The molecule has 0 fully saturated rings. The Morgan fingerprint density at radius 3 is 2.37 bits per heavy atom. The number of ether oxygens (including phenoxy) is 3. The zero-order valence-electron chi connectivity index (χ0n) is 20.3. The second-order valence-electron chi connectivity index (χ2n) is 8.75. The molecule has 0 radical (unpaired) electrons. The number of carbonyl (C=O) groups is 1. The van der Waals surface area contributed by atoms with Gasteiger partial charge in [-0.3, -0.25) is 4.79 Å². The van der Waals surface area contributed by atoms with Gasteiger partial charge in [0, 0.05) is 23.6 Å². The van der Waals surface area contributed by atoms with E-state index in [4.69, 9.17) is 14.2 Å². The van der Waals surface area contributed by atoms with E-state index < -0.39 is 0 Å². The minimum atomic E-state index is -0.322. The summed E-state index contributed by atoms with van der Waals surface area (Å²) in [7, 11) is 3.31. The fourth-order valence-electron chi connectivity index (χ4n) is 5.10. The average Bonchev–Trinajstić information content (AvgIpc) is 3.06. The van der Waals surface area contributed by atoms with Crippen LogP contribution in [0.15, 0.2) is 78.0 Å². The smallest absolute Gasteiger partial charge is 0.163 e. The van der Waals surface area contributed by atoms with E-state index in [1.165, 1.54) is 0 Å². The number of carbonyl (C=O) groups excluding carboxylic acids is 1. The van der Waals surface area contributed by atoms with Gasteiger partial charge in [-0.15, -0.1) is 0 Å². The zero-order valence-corrected chi connectivity index (χ0v) is 20.3. The number of benzene rings is 3. The Bertz CT molecular complexity index is 1280. The van der Waals surface area contributed by atoms with Crippen molar-refractivity contribution in [2.45, 2.75) is 31.7 Å². The number of hydrogen-bond acceptors (Lipinski definition) is 6. The summed E-state index contributed by atoms with van der Waals surface area (Å²) in [6.45, 7) is 2.49. The minimum absolute atomic E-state index is 0.0330. The number of anilines is 2. The molecule has 1 aliphatic carbocycles. The van der Waals surface area contributed by atoms with Gasteiger partial charge in [0.05, 0.1) is 38.2 Å². The standard InChI is InChI=1S/C29H30N2O4/c1-4-35-26-14-13-18(17-27(26)34-3)29-28-23(30-21-10-6-7-11-22(21)31-29)15-19(16-24(28)32)20-9-5-8-12-25(20)33-2/h5-14,17,19,29-31H,4,15-16H2,1-3H3. The van der Waals surface area contributed by atoms with Crippen LogP contribution in [0, 0.1) is 0 Å². The molecule has 2 unspecified atom stereocenters. The van der Waals surface area contributed by atoms with E-state index in [1.54, 1.807) is 14.2 Å². The number of methoxy groups -OCH3 is 2. The number of rotatable bonds is 6. The quantitative estimate of drug-likeness (QED) is 0.455. The zero-order chi connectivity index (χ0) is 24.4. The Morgan fingerprint density at radius 2 is 1.60 bits per heavy atom. The van der Waals surface area contributed by atoms with Crippen LogP contribution in [-0.4, -0.2) is 26.6 Å². The maximum atomic E-state index is 13.8. The van der Waals surface area contributed by atoms with Crippen molar-refractivity contribution in [3.8, 4) is 17.2 Å². The Balaban J connectivity index is 1.61. The van der Waals surface area contributed by atoms with Crippen molar-refractivity contribution in [2.75, 3.05) is 31.5 Å². The molecule has 6 nitrogen and oxygen atoms in total. The molecule has 0 bridgehead atoms. The average molecular weight is 471 g/mol. The van der Waals surface area contributed by atoms with Gasteiger partial charge in [0.2, 0.25) is 0 Å². The minimum Gasteiger partial charge on any atom is -0.496 e. The first kappa shape index (κ1) is 22.8. The topological polar surface area (TPSA) is 68.8 Å². The van der Waals surface area contributed by atoms with Gasteiger partial charge < -0.3 is 24.8 Å². The molecule has 0 saturated heterocycles. The first-order valence-electron chi connectivity index (χ1n) is 11.9. The number of hydrogen-bond donors (Lipinski definition) is 2. The fraction of sp³-hybridized carbons (Fsp3) is 0.276. The first-order chi connectivity index (χ1) is 17.1. The lowest BCUT2D eigenvalue weighted by atomic mass is 9.78. The van der Waals surface area contributed by atoms with Crippen LogP contribution in [0.4, 0.5) is 11.4 Å². The SMILES string of the molecule is CCOc1ccc(C2Nc3ccccc3NC3=C2C(=O)CC(c2ccccc2OC)C3)cc1OC. The summed E-state index contributed by atoms with van der Waals surface area (Å²) in [5, 5.41) is 7.21. The Hall–Kier alpha value is -3.93. The van der Waals surface area contributed by atoms with Gasteiger partial charge in [-0.1, -0.05) is 36.4 Å². The second kappa shape index (κ2) is 9.74. The molecule has 2 atom stereocenters. The van der Waals surface area contributed by atoms with Crippen molar-refractivity contribution < 1.29 is 19.0 Å². The van der Waals surface area contributed by atoms with Crippen LogP contribution >= 0.6 is 0 Å². The lowest BCUT2D eigenvalue weighted by Gasteiger charge is -2.30. The Morgan fingerprint density at radius 1 is 0.857 bits per heavy atom. The molecule has 1 heterocycles. The number of ketones is 1. The molecule has 0 aromatic heterocycles. The van der Waals surface area contributed by atoms with Crippen molar-refractivity contribution in [3.05, 3.63) is 89.1 Å². The largest absolute Gasteiger partial charge is 0.496 e. The van der Waals surface area contributed by atoms with Crippen molar-refractivity contribution >= 4 is 17.2 Å². The van der Waals surface area contributed by atoms with Crippen LogP contribution < -0.4 is 24.8 Å². The van der Waals surface area contributed by atoms with Gasteiger partial charge in [0.1, 0.15) is 5.75 Å². The molecule has 2 aliphatic rings. The summed E-state index contributed by atoms with van der Waals surface area (Å²) in [5.41, 5.74) is 5.60. The normalized spacial score (nSPS) is 19.0. The molecule has 0 saturated carbocycles. The van der Waals surface area contributed by atoms with E-state index in [1.807, 2.05) is 67.6 Å². The summed E-state index contributed by atoms with van der Waals surface area (Å²) in [5.74, 6) is 2.30. The molecular weight excluding hydrogens is 440 g/mol. The Labute approximate surface area is 205 Å². The van der Waals surface area contributed by atoms with Crippen LogP contribution in [0.1, 0.15) is 42.9 Å². The van der Waals surface area contributed by atoms with Crippen LogP contribution in [-0.2, 0) is 4.79 Å². The third-order valence-electron chi connectivity index (χ3n) is 6.71. The summed E-state index contributed by atoms with van der Waals surface area (Å²) in [6.07, 6.45) is 1.13. The van der Waals surface area contributed by atoms with Crippen molar-refractivity contribution in [1.29, 1.82) is 0 Å². The monoisotopic (exact) mass is 470 g/mol. The molecule has 3 aromatic carbocycles. The molecule has 5 rings (SSSR count). The maximum Gasteiger partial charge on any atom is 0.163 e. The molecule has 2 N–H and O–H groups in total. The molecule has 1 aliphatic heterocycles. The highest BCUT2D eigenvalue weighted by Gasteiger charge is 2.37. The number of fused-ring (bicyclic) bond motifs is 1. The molecular formula is C29H30N2O4. The van der Waals surface area contributed by atoms with E-state index in [0.29, 0.717) is 30.9 Å². The van der Waals surface area contributed by atoms with Gasteiger partial charge >= 0.3 is 0 Å². The van der Waals surface area contributed by atoms with Crippen LogP contribution in [0.2, 0.25) is 0 Å². The maximum absolute atomic E-state index is 13.8. The number of allylic oxidation sites excluding steroid dienone is 1. The third kappa shape index (κ3) is 4.32. The number of nitrogens with one attached hydrogen (secondary N) is 2. The molecule has 35 heavy (non-hydrogen) atoms. The van der Waals surface area contributed by atoms with Crippen molar-refractivity contribution in [2.24, 2.45) is 0 Å². The van der Waals surface area contributed by atoms with E-state index in [0.717, 1.165) is 39.5 Å². The summed E-state index contributed by atoms with van der Waals surface area (Å²) < 4.78 is 16.9. The fourth-order valence-corrected chi connectivity index (χ4v) is 5.10. The lowest BCUT2D eigenvalue weighted by molar-refractivity contribution is -0.116. The highest BCUT2D eigenvalue weighted by molar-refractivity contribution is 6.01. The highest BCUT2D eigenvalue weighted by atomic mass is 16.5. The lowest BCUT2D eigenvalue weighted by Crippen LogP contribution is -2.27. The summed E-state index contributed by atoms with van der Waals surface area (Å²) in [4.78, 5) is 13.8. The van der Waals surface area contributed by atoms with Crippen LogP contribution in [0.5, 0.6) is 17.2 Å². The summed E-state index contributed by atoms with van der Waals surface area (Å²) >= 11 is 0. The van der Waals surface area contributed by atoms with E-state index in [9.17, 15) is 4.79 Å². The predicted octanol–water partition coefficient (Wildman–Crippen LogP) is 6.08. The molecule has 0 amide bonds. The van der Waals surface area contributed by atoms with E-state index in [2.05, 4.69) is 16.7 Å². The van der Waals surface area contributed by atoms with E-state index >= 15 is 0 Å². The number of para-hydroxylation sites is 3. The van der Waals surface area contributed by atoms with Gasteiger partial charge in [-0.05, 0) is 54.8 Å². The van der Waals surface area contributed by atoms with Gasteiger partial charge in [-0.25, -0.2) is 0 Å². The van der Waals surface area contributed by atoms with E-state index in [-0.39, 0.29) is 17.7 Å². The van der Waals surface area contributed by atoms with Crippen LogP contribution in [0.25, 0.3) is 0 Å². The Kier molecular flexibility index (Phi) is 6.36. The van der Waals surface area contributed by atoms with Gasteiger partial charge in [-0.2, -0.15) is 0 Å². The second-order valence-corrected chi connectivity index (χ2v) is 8.75. The molecule has 0 spiro atoms. The van der Waals surface area contributed by atoms with Gasteiger partial charge in [0.15, 0.2) is 17.3 Å².